The number of thiophene rings is 1. The van der Waals surface area contributed by atoms with Crippen LogP contribution in [0.25, 0.3) is 6.08 Å². The van der Waals surface area contributed by atoms with Crippen molar-refractivity contribution in [1.82, 2.24) is 5.32 Å². The SMILES string of the molecule is O=C(O)CCC(NC(=O)/C=C/c1ccc(Br)s1)C(=O)O. The number of amides is 1. The van der Waals surface area contributed by atoms with Gasteiger partial charge in [0.15, 0.2) is 0 Å². The van der Waals surface area contributed by atoms with E-state index in [0.717, 1.165) is 8.66 Å². The molecule has 108 valence electrons. The number of carboxylic acid groups (broad SMARTS) is 2. The van der Waals surface area contributed by atoms with E-state index in [2.05, 4.69) is 21.2 Å². The van der Waals surface area contributed by atoms with Crippen LogP contribution in [-0.4, -0.2) is 34.1 Å². The Morgan fingerprint density at radius 3 is 2.55 bits per heavy atom. The van der Waals surface area contributed by atoms with Crippen LogP contribution in [-0.2, 0) is 14.4 Å². The van der Waals surface area contributed by atoms with Gasteiger partial charge < -0.3 is 15.5 Å². The van der Waals surface area contributed by atoms with Crippen molar-refractivity contribution in [2.45, 2.75) is 18.9 Å². The highest BCUT2D eigenvalue weighted by atomic mass is 79.9. The zero-order valence-corrected chi connectivity index (χ0v) is 12.6. The maximum Gasteiger partial charge on any atom is 0.326 e. The molecule has 1 amide bonds. The molecule has 0 aliphatic carbocycles. The third-order valence-corrected chi connectivity index (χ3v) is 3.84. The first-order valence-corrected chi connectivity index (χ1v) is 7.18. The van der Waals surface area contributed by atoms with E-state index in [4.69, 9.17) is 10.2 Å². The molecule has 1 heterocycles. The van der Waals surface area contributed by atoms with Crippen LogP contribution in [0.4, 0.5) is 0 Å². The highest BCUT2D eigenvalue weighted by Gasteiger charge is 2.19. The van der Waals surface area contributed by atoms with E-state index in [1.165, 1.54) is 17.4 Å². The zero-order valence-electron chi connectivity index (χ0n) is 10.2. The second kappa shape index (κ2) is 7.81. The fraction of sp³-hybridized carbons (Fsp3) is 0.250. The Bertz CT molecular complexity index is 540. The second-order valence-corrected chi connectivity index (χ2v) is 6.30. The quantitative estimate of drug-likeness (QED) is 0.644. The highest BCUT2D eigenvalue weighted by molar-refractivity contribution is 9.11. The molecule has 6 nitrogen and oxygen atoms in total. The molecule has 0 saturated heterocycles. The lowest BCUT2D eigenvalue weighted by molar-refractivity contribution is -0.142. The van der Waals surface area contributed by atoms with Crippen molar-refractivity contribution in [3.63, 3.8) is 0 Å². The molecule has 0 fully saturated rings. The van der Waals surface area contributed by atoms with Crippen LogP contribution in [0.5, 0.6) is 0 Å². The van der Waals surface area contributed by atoms with Gasteiger partial charge in [0.2, 0.25) is 5.91 Å². The summed E-state index contributed by atoms with van der Waals surface area (Å²) in [7, 11) is 0. The Morgan fingerprint density at radius 1 is 1.35 bits per heavy atom. The molecule has 0 aliphatic rings. The number of nitrogens with one attached hydrogen (secondary N) is 1. The van der Waals surface area contributed by atoms with Gasteiger partial charge in [-0.2, -0.15) is 0 Å². The monoisotopic (exact) mass is 361 g/mol. The fourth-order valence-electron chi connectivity index (χ4n) is 1.32. The lowest BCUT2D eigenvalue weighted by Crippen LogP contribution is -2.40. The molecular weight excluding hydrogens is 350 g/mol. The lowest BCUT2D eigenvalue weighted by Gasteiger charge is -2.11. The minimum Gasteiger partial charge on any atom is -0.481 e. The van der Waals surface area contributed by atoms with Crippen LogP contribution in [0.3, 0.4) is 0 Å². The van der Waals surface area contributed by atoms with Gasteiger partial charge in [-0.05, 0) is 40.6 Å². The molecule has 0 aliphatic heterocycles. The molecule has 8 heteroatoms. The van der Waals surface area contributed by atoms with Gasteiger partial charge in [-0.15, -0.1) is 11.3 Å². The molecule has 1 unspecified atom stereocenters. The Hall–Kier alpha value is -1.67. The van der Waals surface area contributed by atoms with Crippen molar-refractivity contribution >= 4 is 51.2 Å². The van der Waals surface area contributed by atoms with Crippen molar-refractivity contribution < 1.29 is 24.6 Å². The molecule has 1 aromatic heterocycles. The molecule has 1 atom stereocenters. The van der Waals surface area contributed by atoms with Gasteiger partial charge in [0, 0.05) is 17.4 Å². The van der Waals surface area contributed by atoms with Gasteiger partial charge in [-0.3, -0.25) is 9.59 Å². The van der Waals surface area contributed by atoms with Crippen LogP contribution >= 0.6 is 27.3 Å². The van der Waals surface area contributed by atoms with Crippen LogP contribution < -0.4 is 5.32 Å². The molecule has 0 radical (unpaired) electrons. The van der Waals surface area contributed by atoms with E-state index in [0.29, 0.717) is 0 Å². The summed E-state index contributed by atoms with van der Waals surface area (Å²) in [5.41, 5.74) is 0. The third-order valence-electron chi connectivity index (χ3n) is 2.25. The van der Waals surface area contributed by atoms with Crippen LogP contribution in [0, 0.1) is 0 Å². The van der Waals surface area contributed by atoms with E-state index >= 15 is 0 Å². The first-order chi connectivity index (χ1) is 9.38. The van der Waals surface area contributed by atoms with Crippen molar-refractivity contribution in [2.75, 3.05) is 0 Å². The summed E-state index contributed by atoms with van der Waals surface area (Å²) < 4.78 is 0.919. The number of aliphatic carboxylic acids is 2. The van der Waals surface area contributed by atoms with Crippen molar-refractivity contribution in [3.8, 4) is 0 Å². The number of halogens is 1. The molecule has 0 spiro atoms. The summed E-state index contributed by atoms with van der Waals surface area (Å²) in [5.74, 6) is -2.94. The maximum absolute atomic E-state index is 11.6. The molecular formula is C12H12BrNO5S. The van der Waals surface area contributed by atoms with Crippen molar-refractivity contribution in [3.05, 3.63) is 26.9 Å². The molecule has 3 N–H and O–H groups in total. The molecule has 1 aromatic rings. The predicted octanol–water partition coefficient (Wildman–Crippen LogP) is 1.96. The number of carbonyl (C=O) groups is 3. The first-order valence-electron chi connectivity index (χ1n) is 5.57. The van der Waals surface area contributed by atoms with E-state index in [9.17, 15) is 14.4 Å². The van der Waals surface area contributed by atoms with Crippen LogP contribution in [0.1, 0.15) is 17.7 Å². The number of rotatable bonds is 7. The number of carbonyl (C=O) groups excluding carboxylic acids is 1. The van der Waals surface area contributed by atoms with Crippen molar-refractivity contribution in [1.29, 1.82) is 0 Å². The Balaban J connectivity index is 2.55. The Kier molecular flexibility index (Phi) is 6.40. The fourth-order valence-corrected chi connectivity index (χ4v) is 2.65. The Labute approximate surface area is 127 Å². The van der Waals surface area contributed by atoms with Gasteiger partial charge in [0.05, 0.1) is 3.79 Å². The van der Waals surface area contributed by atoms with Gasteiger partial charge in [0.25, 0.3) is 0 Å². The largest absolute Gasteiger partial charge is 0.481 e. The number of hydrogen-bond acceptors (Lipinski definition) is 4. The smallest absolute Gasteiger partial charge is 0.326 e. The first kappa shape index (κ1) is 16.4. The topological polar surface area (TPSA) is 104 Å². The van der Waals surface area contributed by atoms with Crippen molar-refractivity contribution in [2.24, 2.45) is 0 Å². The van der Waals surface area contributed by atoms with Crippen LogP contribution in [0.15, 0.2) is 22.0 Å². The number of carboxylic acids is 2. The predicted molar refractivity (Wildman–Crippen MR) is 77.5 cm³/mol. The summed E-state index contributed by atoms with van der Waals surface area (Å²) in [6.07, 6.45) is 2.30. The molecule has 0 bridgehead atoms. The van der Waals surface area contributed by atoms with Crippen LogP contribution in [0.2, 0.25) is 0 Å². The maximum atomic E-state index is 11.6. The standard InChI is InChI=1S/C12H12BrNO5S/c13-9-4-1-7(20-9)2-5-10(15)14-8(12(18)19)3-6-11(16)17/h1-2,4-5,8H,3,6H2,(H,14,15)(H,16,17)(H,18,19)/b5-2+. The van der Waals surface area contributed by atoms with E-state index < -0.39 is 23.9 Å². The summed E-state index contributed by atoms with van der Waals surface area (Å²) in [4.78, 5) is 33.7. The summed E-state index contributed by atoms with van der Waals surface area (Å²) in [6, 6.07) is 2.42. The normalized spacial score (nSPS) is 12.2. The molecule has 0 aromatic carbocycles. The van der Waals surface area contributed by atoms with Gasteiger partial charge in [-0.1, -0.05) is 0 Å². The molecule has 1 rings (SSSR count). The van der Waals surface area contributed by atoms with Gasteiger partial charge >= 0.3 is 11.9 Å². The average Bonchev–Trinajstić information content (AvgIpc) is 2.77. The lowest BCUT2D eigenvalue weighted by atomic mass is 10.1. The van der Waals surface area contributed by atoms with E-state index in [1.54, 1.807) is 12.1 Å². The summed E-state index contributed by atoms with van der Waals surface area (Å²) >= 11 is 4.71. The molecule has 0 saturated carbocycles. The molecule has 20 heavy (non-hydrogen) atoms. The van der Waals surface area contributed by atoms with E-state index in [1.807, 2.05) is 6.07 Å². The minimum absolute atomic E-state index is 0.158. The second-order valence-electron chi connectivity index (χ2n) is 3.81. The number of hydrogen-bond donors (Lipinski definition) is 3. The third kappa shape index (κ3) is 5.98. The highest BCUT2D eigenvalue weighted by Crippen LogP contribution is 2.22. The van der Waals surface area contributed by atoms with Gasteiger partial charge in [-0.25, -0.2) is 4.79 Å². The van der Waals surface area contributed by atoms with Gasteiger partial charge in [0.1, 0.15) is 6.04 Å². The average molecular weight is 362 g/mol. The van der Waals surface area contributed by atoms with E-state index in [-0.39, 0.29) is 12.8 Å². The summed E-state index contributed by atoms with van der Waals surface area (Å²) in [5, 5.41) is 19.7. The summed E-state index contributed by atoms with van der Waals surface area (Å²) in [6.45, 7) is 0. The minimum atomic E-state index is -1.26. The Morgan fingerprint density at radius 2 is 2.05 bits per heavy atom. The zero-order chi connectivity index (χ0) is 15.1.